The molecule has 158 valence electrons. The molecule has 0 radical (unpaired) electrons. The number of rotatable bonds is 4. The number of ether oxygens (including phenoxy) is 7. The average Bonchev–Trinajstić information content (AvgIpc) is 3.43. The first-order chi connectivity index (χ1) is 14.7. The van der Waals surface area contributed by atoms with Crippen molar-refractivity contribution in [2.75, 3.05) is 34.2 Å². The van der Waals surface area contributed by atoms with Crippen LogP contribution in [0.1, 0.15) is 41.4 Å². The molecule has 0 bridgehead atoms. The molecule has 0 N–H and O–H groups in total. The van der Waals surface area contributed by atoms with Gasteiger partial charge in [0.05, 0.1) is 27.4 Å². The highest BCUT2D eigenvalue weighted by molar-refractivity contribution is 5.83. The van der Waals surface area contributed by atoms with Crippen LogP contribution in [0.5, 0.6) is 23.0 Å². The van der Waals surface area contributed by atoms with Gasteiger partial charge in [0.25, 0.3) is 0 Å². The van der Waals surface area contributed by atoms with Crippen LogP contribution >= 0.6 is 0 Å². The van der Waals surface area contributed by atoms with E-state index in [-0.39, 0.29) is 6.79 Å². The Morgan fingerprint density at radius 1 is 1.03 bits per heavy atom. The molecule has 5 rings (SSSR count). The van der Waals surface area contributed by atoms with Crippen LogP contribution in [0.25, 0.3) is 0 Å². The molecule has 0 aromatic heterocycles. The third-order valence-electron chi connectivity index (χ3n) is 5.53. The highest BCUT2D eigenvalue weighted by Gasteiger charge is 2.46. The summed E-state index contributed by atoms with van der Waals surface area (Å²) in [4.78, 5) is 12.9. The Hall–Kier alpha value is -2.97. The molecule has 3 aliphatic heterocycles. The molecule has 3 aliphatic rings. The molecule has 2 aromatic rings. The number of fused-ring (bicyclic) bond motifs is 2. The number of benzene rings is 2. The third-order valence-corrected chi connectivity index (χ3v) is 5.53. The Kier molecular flexibility index (Phi) is 4.88. The van der Waals surface area contributed by atoms with Gasteiger partial charge in [-0.1, -0.05) is 6.07 Å². The second-order valence-corrected chi connectivity index (χ2v) is 7.18. The van der Waals surface area contributed by atoms with Crippen molar-refractivity contribution in [3.63, 3.8) is 0 Å². The molecule has 1 fully saturated rings. The van der Waals surface area contributed by atoms with E-state index >= 15 is 0 Å². The van der Waals surface area contributed by atoms with Gasteiger partial charge >= 0.3 is 5.97 Å². The lowest BCUT2D eigenvalue weighted by Gasteiger charge is -2.26. The Morgan fingerprint density at radius 3 is 2.60 bits per heavy atom. The summed E-state index contributed by atoms with van der Waals surface area (Å²) >= 11 is 0. The number of carbonyl (C=O) groups is 1. The molecule has 0 unspecified atom stereocenters. The smallest absolute Gasteiger partial charge is 0.317 e. The van der Waals surface area contributed by atoms with Crippen LogP contribution in [0.2, 0.25) is 0 Å². The van der Waals surface area contributed by atoms with E-state index in [1.165, 1.54) is 7.11 Å². The Labute approximate surface area is 173 Å². The fourth-order valence-corrected chi connectivity index (χ4v) is 4.14. The summed E-state index contributed by atoms with van der Waals surface area (Å²) in [5.41, 5.74) is 2.17. The standard InChI is InChI=1S/C22H22O8/c1-24-15-7-5-13(22-26-8-3-9-27-22)17-18(21(23)25-2)19(30-20(15)17)12-4-6-14-16(10-12)29-11-28-14/h4-7,10,18-19,22H,3,8-9,11H2,1-2H3/t18-,19+/m0/s1. The second-order valence-electron chi connectivity index (χ2n) is 7.18. The molecule has 2 aromatic carbocycles. The van der Waals surface area contributed by atoms with Crippen molar-refractivity contribution in [3.8, 4) is 23.0 Å². The highest BCUT2D eigenvalue weighted by Crippen LogP contribution is 2.54. The van der Waals surface area contributed by atoms with E-state index < -0.39 is 24.3 Å². The van der Waals surface area contributed by atoms with E-state index in [0.717, 1.165) is 17.5 Å². The zero-order valence-electron chi connectivity index (χ0n) is 16.7. The third kappa shape index (κ3) is 3.03. The van der Waals surface area contributed by atoms with Gasteiger partial charge in [0.2, 0.25) is 6.79 Å². The first-order valence-electron chi connectivity index (χ1n) is 9.79. The SMILES string of the molecule is COC(=O)[C@H]1c2c(C3OCCCO3)ccc(OC)c2O[C@@H]1c1ccc2c(c1)OCO2. The van der Waals surface area contributed by atoms with Gasteiger partial charge in [-0.3, -0.25) is 4.79 Å². The lowest BCUT2D eigenvalue weighted by atomic mass is 9.87. The summed E-state index contributed by atoms with van der Waals surface area (Å²) in [6.45, 7) is 1.33. The minimum absolute atomic E-state index is 0.166. The van der Waals surface area contributed by atoms with E-state index in [0.29, 0.717) is 41.8 Å². The molecule has 1 saturated heterocycles. The van der Waals surface area contributed by atoms with Gasteiger partial charge in [-0.15, -0.1) is 0 Å². The maximum atomic E-state index is 12.9. The number of esters is 1. The summed E-state index contributed by atoms with van der Waals surface area (Å²) in [6, 6.07) is 9.15. The molecular weight excluding hydrogens is 392 g/mol. The van der Waals surface area contributed by atoms with Gasteiger partial charge in [-0.2, -0.15) is 0 Å². The summed E-state index contributed by atoms with van der Waals surface area (Å²) in [5.74, 6) is 1.16. The molecule has 8 heteroatoms. The van der Waals surface area contributed by atoms with Crippen LogP contribution in [0.15, 0.2) is 30.3 Å². The molecule has 3 heterocycles. The summed E-state index contributed by atoms with van der Waals surface area (Å²) in [6.07, 6.45) is -0.378. The monoisotopic (exact) mass is 414 g/mol. The highest BCUT2D eigenvalue weighted by atomic mass is 16.7. The van der Waals surface area contributed by atoms with Crippen molar-refractivity contribution in [2.45, 2.75) is 24.7 Å². The molecule has 8 nitrogen and oxygen atoms in total. The molecule has 30 heavy (non-hydrogen) atoms. The number of hydrogen-bond donors (Lipinski definition) is 0. The molecule has 0 saturated carbocycles. The normalized spacial score (nSPS) is 22.3. The van der Waals surface area contributed by atoms with Gasteiger partial charge < -0.3 is 33.2 Å². The fraction of sp³-hybridized carbons (Fsp3) is 0.409. The first kappa shape index (κ1) is 19.0. The van der Waals surface area contributed by atoms with Gasteiger partial charge in [-0.25, -0.2) is 0 Å². The Bertz CT molecular complexity index is 966. The predicted octanol–water partition coefficient (Wildman–Crippen LogP) is 3.25. The summed E-state index contributed by atoms with van der Waals surface area (Å²) in [5, 5.41) is 0. The van der Waals surface area contributed by atoms with Crippen molar-refractivity contribution in [2.24, 2.45) is 0 Å². The van der Waals surface area contributed by atoms with E-state index in [1.807, 2.05) is 24.3 Å². The number of methoxy groups -OCH3 is 2. The minimum Gasteiger partial charge on any atom is -0.493 e. The van der Waals surface area contributed by atoms with Crippen LogP contribution in [0.3, 0.4) is 0 Å². The Balaban J connectivity index is 1.62. The van der Waals surface area contributed by atoms with E-state index in [9.17, 15) is 4.79 Å². The molecule has 0 aliphatic carbocycles. The van der Waals surface area contributed by atoms with E-state index in [4.69, 9.17) is 33.2 Å². The lowest BCUT2D eigenvalue weighted by Crippen LogP contribution is -2.23. The zero-order valence-corrected chi connectivity index (χ0v) is 16.7. The van der Waals surface area contributed by atoms with Crippen molar-refractivity contribution in [1.82, 2.24) is 0 Å². The zero-order chi connectivity index (χ0) is 20.7. The molecule has 2 atom stereocenters. The molecule has 0 amide bonds. The first-order valence-corrected chi connectivity index (χ1v) is 9.79. The van der Waals surface area contributed by atoms with Crippen LogP contribution in [0, 0.1) is 0 Å². The van der Waals surface area contributed by atoms with Crippen molar-refractivity contribution in [1.29, 1.82) is 0 Å². The van der Waals surface area contributed by atoms with Gasteiger partial charge in [0.15, 0.2) is 29.3 Å². The van der Waals surface area contributed by atoms with Gasteiger partial charge in [0.1, 0.15) is 12.0 Å². The van der Waals surface area contributed by atoms with Crippen LogP contribution < -0.4 is 18.9 Å². The quantitative estimate of drug-likeness (QED) is 0.706. The largest absolute Gasteiger partial charge is 0.493 e. The predicted molar refractivity (Wildman–Crippen MR) is 103 cm³/mol. The van der Waals surface area contributed by atoms with Crippen LogP contribution in [0.4, 0.5) is 0 Å². The van der Waals surface area contributed by atoms with E-state index in [1.54, 1.807) is 13.2 Å². The maximum Gasteiger partial charge on any atom is 0.317 e. The van der Waals surface area contributed by atoms with Gasteiger partial charge in [-0.05, 0) is 36.2 Å². The fourth-order valence-electron chi connectivity index (χ4n) is 4.14. The lowest BCUT2D eigenvalue weighted by molar-refractivity contribution is -0.183. The van der Waals surface area contributed by atoms with E-state index in [2.05, 4.69) is 0 Å². The average molecular weight is 414 g/mol. The topological polar surface area (TPSA) is 81.7 Å². The van der Waals surface area contributed by atoms with Crippen molar-refractivity contribution >= 4 is 5.97 Å². The summed E-state index contributed by atoms with van der Waals surface area (Å²) in [7, 11) is 2.93. The molecule has 0 spiro atoms. The number of carbonyl (C=O) groups excluding carboxylic acids is 1. The maximum absolute atomic E-state index is 12.9. The van der Waals surface area contributed by atoms with Crippen LogP contribution in [-0.2, 0) is 19.0 Å². The van der Waals surface area contributed by atoms with Crippen molar-refractivity contribution in [3.05, 3.63) is 47.0 Å². The second kappa shape index (κ2) is 7.70. The minimum atomic E-state index is -0.718. The number of hydrogen-bond acceptors (Lipinski definition) is 8. The Morgan fingerprint density at radius 2 is 1.83 bits per heavy atom. The van der Waals surface area contributed by atoms with Crippen molar-refractivity contribution < 1.29 is 38.0 Å². The summed E-state index contributed by atoms with van der Waals surface area (Å²) < 4.78 is 39.5. The van der Waals surface area contributed by atoms with Gasteiger partial charge in [0, 0.05) is 11.1 Å². The van der Waals surface area contributed by atoms with Crippen LogP contribution in [-0.4, -0.2) is 40.2 Å². The molecular formula is C22H22O8.